The molecule has 2 rings (SSSR count). The summed E-state index contributed by atoms with van der Waals surface area (Å²) in [5, 5.41) is 17.7. The molecule has 4 heteroatoms. The number of phenolic OH excluding ortho intramolecular Hbond substituents is 1. The Kier molecular flexibility index (Phi) is 3.75. The number of hydrogen-bond donors (Lipinski definition) is 2. The van der Waals surface area contributed by atoms with Gasteiger partial charge in [0, 0.05) is 24.0 Å². The zero-order valence-corrected chi connectivity index (χ0v) is 13.1. The lowest BCUT2D eigenvalue weighted by Crippen LogP contribution is -2.10. The third-order valence-corrected chi connectivity index (χ3v) is 3.91. The molecule has 0 spiro atoms. The zero-order chi connectivity index (χ0) is 15.0. The number of aromatic nitrogens is 2. The van der Waals surface area contributed by atoms with E-state index in [1.54, 1.807) is 6.07 Å². The predicted octanol–water partition coefficient (Wildman–Crippen LogP) is 3.53. The highest BCUT2D eigenvalue weighted by atomic mass is 16.3. The molecule has 0 amide bonds. The molecule has 1 aromatic carbocycles. The molecule has 1 atom stereocenters. The summed E-state index contributed by atoms with van der Waals surface area (Å²) in [6.45, 7) is 10.2. The number of nitrogens with zero attached hydrogens (tertiary/aromatic N) is 2. The van der Waals surface area contributed by atoms with Gasteiger partial charge in [-0.3, -0.25) is 4.68 Å². The van der Waals surface area contributed by atoms with Crippen LogP contribution < -0.4 is 5.32 Å². The van der Waals surface area contributed by atoms with E-state index in [-0.39, 0.29) is 6.04 Å². The van der Waals surface area contributed by atoms with Gasteiger partial charge in [-0.25, -0.2) is 0 Å². The van der Waals surface area contributed by atoms with Crippen LogP contribution in [-0.2, 0) is 7.05 Å². The van der Waals surface area contributed by atoms with Crippen molar-refractivity contribution in [3.05, 3.63) is 40.2 Å². The lowest BCUT2D eigenvalue weighted by Gasteiger charge is -2.19. The number of nitrogens with one attached hydrogen (secondary N) is 1. The molecule has 108 valence electrons. The molecule has 20 heavy (non-hydrogen) atoms. The van der Waals surface area contributed by atoms with Gasteiger partial charge in [-0.15, -0.1) is 0 Å². The minimum absolute atomic E-state index is 0.173. The van der Waals surface area contributed by atoms with E-state index in [9.17, 15) is 5.11 Å². The van der Waals surface area contributed by atoms with E-state index in [0.717, 1.165) is 22.5 Å². The Labute approximate surface area is 120 Å². The molecular weight excluding hydrogens is 250 g/mol. The number of aryl methyl sites for hydroxylation is 4. The zero-order valence-electron chi connectivity index (χ0n) is 13.1. The first-order valence-corrected chi connectivity index (χ1v) is 6.88. The van der Waals surface area contributed by atoms with Gasteiger partial charge in [0.05, 0.1) is 11.7 Å². The average Bonchev–Trinajstić information content (AvgIpc) is 2.60. The van der Waals surface area contributed by atoms with Crippen molar-refractivity contribution in [1.29, 1.82) is 0 Å². The fourth-order valence-corrected chi connectivity index (χ4v) is 2.68. The molecule has 2 aromatic rings. The molecule has 1 unspecified atom stereocenters. The molecule has 0 saturated carbocycles. The molecular formula is C16H23N3O. The summed E-state index contributed by atoms with van der Waals surface area (Å²) in [5.41, 5.74) is 6.44. The normalized spacial score (nSPS) is 12.5. The summed E-state index contributed by atoms with van der Waals surface area (Å²) >= 11 is 0. The number of phenols is 1. The third-order valence-electron chi connectivity index (χ3n) is 3.91. The van der Waals surface area contributed by atoms with Gasteiger partial charge in [-0.2, -0.15) is 5.10 Å². The van der Waals surface area contributed by atoms with Crippen LogP contribution in [0.4, 0.5) is 5.69 Å². The Hall–Kier alpha value is -1.97. The van der Waals surface area contributed by atoms with Crippen molar-refractivity contribution in [2.45, 2.75) is 40.7 Å². The van der Waals surface area contributed by atoms with Crippen LogP contribution in [-0.4, -0.2) is 14.9 Å². The molecule has 1 aromatic heterocycles. The van der Waals surface area contributed by atoms with Crippen molar-refractivity contribution in [2.75, 3.05) is 5.32 Å². The second-order valence-electron chi connectivity index (χ2n) is 5.53. The van der Waals surface area contributed by atoms with E-state index in [0.29, 0.717) is 5.75 Å². The van der Waals surface area contributed by atoms with Crippen LogP contribution in [0.25, 0.3) is 0 Å². The van der Waals surface area contributed by atoms with Crippen molar-refractivity contribution >= 4 is 5.69 Å². The first kappa shape index (κ1) is 14.4. The molecule has 0 aliphatic rings. The maximum absolute atomic E-state index is 9.73. The number of aromatic hydroxyl groups is 1. The van der Waals surface area contributed by atoms with Crippen LogP contribution in [0.1, 0.15) is 41.0 Å². The smallest absolute Gasteiger partial charge is 0.118 e. The monoisotopic (exact) mass is 273 g/mol. The maximum atomic E-state index is 9.73. The van der Waals surface area contributed by atoms with Gasteiger partial charge in [0.25, 0.3) is 0 Å². The van der Waals surface area contributed by atoms with Gasteiger partial charge in [0.2, 0.25) is 0 Å². The fraction of sp³-hybridized carbons (Fsp3) is 0.438. The second kappa shape index (κ2) is 5.19. The van der Waals surface area contributed by atoms with E-state index in [4.69, 9.17) is 0 Å². The van der Waals surface area contributed by atoms with E-state index < -0.39 is 0 Å². The number of benzene rings is 1. The highest BCUT2D eigenvalue weighted by Gasteiger charge is 2.17. The van der Waals surface area contributed by atoms with Crippen molar-refractivity contribution in [3.63, 3.8) is 0 Å². The summed E-state index contributed by atoms with van der Waals surface area (Å²) < 4.78 is 1.91. The minimum atomic E-state index is 0.173. The number of hydrogen-bond acceptors (Lipinski definition) is 3. The molecule has 0 aliphatic carbocycles. The van der Waals surface area contributed by atoms with Crippen LogP contribution in [0.15, 0.2) is 12.1 Å². The first-order valence-electron chi connectivity index (χ1n) is 6.88. The SMILES string of the molecule is Cc1cc(NC(C)c2c(C)nn(C)c2C)c(C)cc1O. The molecule has 0 radical (unpaired) electrons. The third kappa shape index (κ3) is 2.50. The van der Waals surface area contributed by atoms with E-state index in [1.807, 2.05) is 38.6 Å². The largest absolute Gasteiger partial charge is 0.508 e. The lowest BCUT2D eigenvalue weighted by atomic mass is 10.0. The lowest BCUT2D eigenvalue weighted by molar-refractivity contribution is 0.470. The molecule has 0 bridgehead atoms. The summed E-state index contributed by atoms with van der Waals surface area (Å²) in [6, 6.07) is 3.96. The van der Waals surface area contributed by atoms with E-state index in [1.165, 1.54) is 11.3 Å². The van der Waals surface area contributed by atoms with E-state index >= 15 is 0 Å². The standard InChI is InChI=1S/C16H23N3O/c1-9-8-15(20)10(2)7-14(9)17-11(3)16-12(4)18-19(6)13(16)5/h7-8,11,17,20H,1-6H3. The Morgan fingerprint density at radius 2 is 1.80 bits per heavy atom. The topological polar surface area (TPSA) is 50.1 Å². The van der Waals surface area contributed by atoms with Crippen LogP contribution in [0, 0.1) is 27.7 Å². The molecule has 0 fully saturated rings. The highest BCUT2D eigenvalue weighted by Crippen LogP contribution is 2.29. The van der Waals surface area contributed by atoms with Gasteiger partial charge in [-0.05, 0) is 57.9 Å². The average molecular weight is 273 g/mol. The van der Waals surface area contributed by atoms with Crippen LogP contribution in [0.3, 0.4) is 0 Å². The summed E-state index contributed by atoms with van der Waals surface area (Å²) in [5.74, 6) is 0.342. The summed E-state index contributed by atoms with van der Waals surface area (Å²) in [7, 11) is 1.97. The Morgan fingerprint density at radius 1 is 1.15 bits per heavy atom. The molecule has 0 saturated heterocycles. The van der Waals surface area contributed by atoms with Gasteiger partial charge >= 0.3 is 0 Å². The minimum Gasteiger partial charge on any atom is -0.508 e. The van der Waals surface area contributed by atoms with Crippen molar-refractivity contribution in [2.24, 2.45) is 7.05 Å². The van der Waals surface area contributed by atoms with Crippen LogP contribution in [0.5, 0.6) is 5.75 Å². The number of rotatable bonds is 3. The summed E-state index contributed by atoms with van der Waals surface area (Å²) in [4.78, 5) is 0. The number of anilines is 1. The maximum Gasteiger partial charge on any atom is 0.118 e. The molecule has 0 aliphatic heterocycles. The molecule has 2 N–H and O–H groups in total. The van der Waals surface area contributed by atoms with Crippen molar-refractivity contribution < 1.29 is 5.11 Å². The van der Waals surface area contributed by atoms with Gasteiger partial charge < -0.3 is 10.4 Å². The summed E-state index contributed by atoms with van der Waals surface area (Å²) in [6.07, 6.45) is 0. The van der Waals surface area contributed by atoms with Crippen molar-refractivity contribution in [1.82, 2.24) is 9.78 Å². The first-order chi connectivity index (χ1) is 9.31. The Bertz CT molecular complexity index is 644. The quantitative estimate of drug-likeness (QED) is 0.841. The van der Waals surface area contributed by atoms with Crippen LogP contribution >= 0.6 is 0 Å². The highest BCUT2D eigenvalue weighted by molar-refractivity contribution is 5.58. The molecule has 4 nitrogen and oxygen atoms in total. The Morgan fingerprint density at radius 3 is 2.35 bits per heavy atom. The van der Waals surface area contributed by atoms with Crippen molar-refractivity contribution in [3.8, 4) is 5.75 Å². The van der Waals surface area contributed by atoms with Gasteiger partial charge in [0.15, 0.2) is 0 Å². The van der Waals surface area contributed by atoms with Gasteiger partial charge in [0.1, 0.15) is 5.75 Å². The van der Waals surface area contributed by atoms with E-state index in [2.05, 4.69) is 24.3 Å². The Balaban J connectivity index is 2.32. The second-order valence-corrected chi connectivity index (χ2v) is 5.53. The fourth-order valence-electron chi connectivity index (χ4n) is 2.68. The molecule has 1 heterocycles. The predicted molar refractivity (Wildman–Crippen MR) is 82.3 cm³/mol. The van der Waals surface area contributed by atoms with Gasteiger partial charge in [-0.1, -0.05) is 0 Å². The van der Waals surface area contributed by atoms with Crippen LogP contribution in [0.2, 0.25) is 0 Å².